The molecule has 2 heterocycles. The van der Waals surface area contributed by atoms with Crippen LogP contribution in [-0.4, -0.2) is 25.3 Å². The molecule has 6 heteroatoms. The summed E-state index contributed by atoms with van der Waals surface area (Å²) in [7, 11) is 2.90. The molecular weight excluding hydrogens is 372 g/mol. The highest BCUT2D eigenvalue weighted by atomic mass is 16.7. The molecule has 1 aliphatic heterocycles. The maximum absolute atomic E-state index is 11.8. The van der Waals surface area contributed by atoms with Crippen LogP contribution in [0.4, 0.5) is 0 Å². The highest BCUT2D eigenvalue weighted by Crippen LogP contribution is 2.51. The first-order chi connectivity index (χ1) is 13.8. The van der Waals surface area contributed by atoms with E-state index in [4.69, 9.17) is 18.6 Å². The van der Waals surface area contributed by atoms with Crippen molar-refractivity contribution in [1.82, 2.24) is 0 Å². The van der Waals surface area contributed by atoms with Crippen LogP contribution >= 0.6 is 0 Å². The van der Waals surface area contributed by atoms with Gasteiger partial charge < -0.3 is 23.7 Å². The standard InChI is InChI=1S/C23H22O6/c1-23(2,25)20-17(13-9-11-14(12-10-13)21(24)26-3)18-19(29-20)15-7-5-6-8-16(15)28-22(18)27-4/h5-12,22,25H,1-4H3. The number of benzene rings is 2. The van der Waals surface area contributed by atoms with Crippen molar-refractivity contribution in [1.29, 1.82) is 0 Å². The average molecular weight is 394 g/mol. The Morgan fingerprint density at radius 3 is 2.38 bits per heavy atom. The fourth-order valence-electron chi connectivity index (χ4n) is 3.57. The number of furan rings is 1. The lowest BCUT2D eigenvalue weighted by Gasteiger charge is -2.25. The lowest BCUT2D eigenvalue weighted by atomic mass is 9.91. The van der Waals surface area contributed by atoms with Crippen molar-refractivity contribution in [3.63, 3.8) is 0 Å². The molecule has 150 valence electrons. The Hall–Kier alpha value is -3.09. The number of esters is 1. The zero-order valence-corrected chi connectivity index (χ0v) is 16.7. The number of ether oxygens (including phenoxy) is 3. The molecule has 0 bridgehead atoms. The lowest BCUT2D eigenvalue weighted by Crippen LogP contribution is -2.17. The number of fused-ring (bicyclic) bond motifs is 3. The van der Waals surface area contributed by atoms with Gasteiger partial charge in [0.25, 0.3) is 0 Å². The summed E-state index contributed by atoms with van der Waals surface area (Å²) < 4.78 is 22.6. The molecule has 1 unspecified atom stereocenters. The van der Waals surface area contributed by atoms with Gasteiger partial charge in [-0.3, -0.25) is 0 Å². The Balaban J connectivity index is 1.97. The molecule has 0 fully saturated rings. The van der Waals surface area contributed by atoms with Crippen LogP contribution in [0.25, 0.3) is 22.5 Å². The van der Waals surface area contributed by atoms with Gasteiger partial charge in [0.2, 0.25) is 6.29 Å². The lowest BCUT2D eigenvalue weighted by molar-refractivity contribution is -0.0579. The first kappa shape index (κ1) is 19.2. The molecule has 0 spiro atoms. The van der Waals surface area contributed by atoms with Crippen LogP contribution in [0, 0.1) is 0 Å². The zero-order valence-electron chi connectivity index (χ0n) is 16.7. The Bertz CT molecular complexity index is 1060. The molecule has 1 aromatic heterocycles. The van der Waals surface area contributed by atoms with E-state index >= 15 is 0 Å². The van der Waals surface area contributed by atoms with E-state index < -0.39 is 17.9 Å². The van der Waals surface area contributed by atoms with Gasteiger partial charge in [0.15, 0.2) is 0 Å². The van der Waals surface area contributed by atoms with E-state index in [9.17, 15) is 9.90 Å². The van der Waals surface area contributed by atoms with E-state index in [0.29, 0.717) is 34.0 Å². The van der Waals surface area contributed by atoms with Gasteiger partial charge >= 0.3 is 5.97 Å². The Kier molecular flexibility index (Phi) is 4.68. The van der Waals surface area contributed by atoms with Crippen molar-refractivity contribution in [2.75, 3.05) is 14.2 Å². The number of carbonyl (C=O) groups is 1. The number of para-hydroxylation sites is 1. The molecule has 6 nitrogen and oxygen atoms in total. The van der Waals surface area contributed by atoms with Crippen LogP contribution in [0.2, 0.25) is 0 Å². The van der Waals surface area contributed by atoms with Crippen molar-refractivity contribution >= 4 is 5.97 Å². The summed E-state index contributed by atoms with van der Waals surface area (Å²) in [4.78, 5) is 11.8. The zero-order chi connectivity index (χ0) is 20.8. The molecule has 2 aromatic carbocycles. The highest BCUT2D eigenvalue weighted by Gasteiger charge is 2.38. The van der Waals surface area contributed by atoms with Gasteiger partial charge in [0.05, 0.1) is 23.8 Å². The third-order valence-corrected chi connectivity index (χ3v) is 4.91. The van der Waals surface area contributed by atoms with Gasteiger partial charge in [-0.25, -0.2) is 4.79 Å². The number of carbonyl (C=O) groups excluding carboxylic acids is 1. The summed E-state index contributed by atoms with van der Waals surface area (Å²) >= 11 is 0. The van der Waals surface area contributed by atoms with Crippen molar-refractivity contribution < 1.29 is 28.5 Å². The molecular formula is C23H22O6. The number of hydrogen-bond donors (Lipinski definition) is 1. The third kappa shape index (κ3) is 3.20. The molecule has 3 aromatic rings. The molecule has 4 rings (SSSR count). The fourth-order valence-corrected chi connectivity index (χ4v) is 3.57. The Morgan fingerprint density at radius 1 is 1.07 bits per heavy atom. The summed E-state index contributed by atoms with van der Waals surface area (Å²) in [5.41, 5.74) is 2.13. The van der Waals surface area contributed by atoms with E-state index in [2.05, 4.69) is 0 Å². The summed E-state index contributed by atoms with van der Waals surface area (Å²) in [5.74, 6) is 1.23. The monoisotopic (exact) mass is 394 g/mol. The number of rotatable bonds is 4. The first-order valence-electron chi connectivity index (χ1n) is 9.22. The van der Waals surface area contributed by atoms with E-state index in [0.717, 1.165) is 11.1 Å². The first-order valence-corrected chi connectivity index (χ1v) is 9.22. The molecule has 0 saturated carbocycles. The molecule has 1 N–H and O–H groups in total. The maximum atomic E-state index is 11.8. The largest absolute Gasteiger partial charge is 0.465 e. The minimum absolute atomic E-state index is 0.399. The van der Waals surface area contributed by atoms with Gasteiger partial charge in [0, 0.05) is 12.7 Å². The van der Waals surface area contributed by atoms with Crippen molar-refractivity contribution in [2.45, 2.75) is 25.7 Å². The number of hydrogen-bond acceptors (Lipinski definition) is 6. The van der Waals surface area contributed by atoms with Gasteiger partial charge in [-0.2, -0.15) is 0 Å². The van der Waals surface area contributed by atoms with Crippen molar-refractivity contribution in [3.05, 3.63) is 65.4 Å². The predicted octanol–water partition coefficient (Wildman–Crippen LogP) is 4.67. The normalized spacial score (nSPS) is 15.3. The minimum Gasteiger partial charge on any atom is -0.465 e. The predicted molar refractivity (Wildman–Crippen MR) is 107 cm³/mol. The molecule has 0 saturated heterocycles. The molecule has 1 aliphatic rings. The quantitative estimate of drug-likeness (QED) is 0.648. The summed E-state index contributed by atoms with van der Waals surface area (Å²) in [6.07, 6.45) is -0.699. The van der Waals surface area contributed by atoms with E-state index in [-0.39, 0.29) is 0 Å². The Morgan fingerprint density at radius 2 is 1.76 bits per heavy atom. The smallest absolute Gasteiger partial charge is 0.337 e. The van der Waals surface area contributed by atoms with Gasteiger partial charge in [-0.1, -0.05) is 24.3 Å². The second-order valence-corrected chi connectivity index (χ2v) is 7.36. The fraction of sp³-hybridized carbons (Fsp3) is 0.261. The summed E-state index contributed by atoms with van der Waals surface area (Å²) in [5, 5.41) is 10.8. The Labute approximate surface area is 168 Å². The van der Waals surface area contributed by atoms with Crippen LogP contribution in [0.5, 0.6) is 5.75 Å². The summed E-state index contributed by atoms with van der Waals surface area (Å²) in [6.45, 7) is 3.33. The highest BCUT2D eigenvalue weighted by molar-refractivity contribution is 5.90. The van der Waals surface area contributed by atoms with Crippen LogP contribution in [0.3, 0.4) is 0 Å². The van der Waals surface area contributed by atoms with Crippen molar-refractivity contribution in [3.8, 4) is 28.2 Å². The molecule has 0 amide bonds. The SMILES string of the molecule is COC(=O)c1ccc(-c2c(C(C)(C)O)oc3c2C(OC)Oc2ccccc2-3)cc1. The minimum atomic E-state index is -1.25. The molecule has 1 atom stereocenters. The summed E-state index contributed by atoms with van der Waals surface area (Å²) in [6, 6.07) is 14.5. The molecule has 0 radical (unpaired) electrons. The average Bonchev–Trinajstić information content (AvgIpc) is 3.14. The van der Waals surface area contributed by atoms with E-state index in [1.165, 1.54) is 7.11 Å². The second kappa shape index (κ2) is 7.06. The van der Waals surface area contributed by atoms with Gasteiger partial charge in [-0.05, 0) is 43.7 Å². The number of methoxy groups -OCH3 is 2. The van der Waals surface area contributed by atoms with Gasteiger partial charge in [0.1, 0.15) is 22.9 Å². The number of aliphatic hydroxyl groups is 1. The van der Waals surface area contributed by atoms with E-state index in [1.807, 2.05) is 24.3 Å². The molecule has 0 aliphatic carbocycles. The van der Waals surface area contributed by atoms with Crippen LogP contribution in [-0.2, 0) is 15.1 Å². The van der Waals surface area contributed by atoms with Crippen LogP contribution in [0.1, 0.15) is 41.8 Å². The third-order valence-electron chi connectivity index (χ3n) is 4.91. The maximum Gasteiger partial charge on any atom is 0.337 e. The van der Waals surface area contributed by atoms with Crippen molar-refractivity contribution in [2.24, 2.45) is 0 Å². The van der Waals surface area contributed by atoms with Crippen LogP contribution < -0.4 is 4.74 Å². The van der Waals surface area contributed by atoms with Crippen LogP contribution in [0.15, 0.2) is 52.9 Å². The van der Waals surface area contributed by atoms with Gasteiger partial charge in [-0.15, -0.1) is 0 Å². The second-order valence-electron chi connectivity index (χ2n) is 7.36. The topological polar surface area (TPSA) is 78.1 Å². The molecule has 29 heavy (non-hydrogen) atoms. The van der Waals surface area contributed by atoms with E-state index in [1.54, 1.807) is 45.2 Å².